The molecule has 0 aromatic heterocycles. The van der Waals surface area contributed by atoms with Gasteiger partial charge < -0.3 is 10.0 Å². The number of aliphatic hydroxyl groups is 1. The summed E-state index contributed by atoms with van der Waals surface area (Å²) in [4.78, 5) is 27.2. The molecule has 1 atom stereocenters. The largest absolute Gasteiger partial charge is 0.375 e. The van der Waals surface area contributed by atoms with Crippen molar-refractivity contribution >= 4 is 33.3 Å². The number of ketones is 1. The molecule has 3 rings (SSSR count). The zero-order valence-corrected chi connectivity index (χ0v) is 16.8. The molecule has 1 N–H and O–H groups in total. The van der Waals surface area contributed by atoms with E-state index in [-0.39, 0.29) is 18.7 Å². The lowest BCUT2D eigenvalue weighted by Gasteiger charge is -2.22. The van der Waals surface area contributed by atoms with Crippen molar-refractivity contribution in [3.8, 4) is 0 Å². The van der Waals surface area contributed by atoms with Crippen LogP contribution in [0.4, 0.5) is 5.69 Å². The fourth-order valence-electron chi connectivity index (χ4n) is 3.48. The van der Waals surface area contributed by atoms with Crippen LogP contribution < -0.4 is 4.90 Å². The Hall–Kier alpha value is -2.24. The van der Waals surface area contributed by atoms with Crippen LogP contribution in [0.1, 0.15) is 41.3 Å². The van der Waals surface area contributed by atoms with E-state index in [4.69, 9.17) is 0 Å². The Balaban J connectivity index is 1.93. The first kappa shape index (κ1) is 19.5. The van der Waals surface area contributed by atoms with Crippen LogP contribution in [0.3, 0.4) is 0 Å². The first-order chi connectivity index (χ1) is 12.9. The second kappa shape index (κ2) is 7.79. The van der Waals surface area contributed by atoms with Crippen LogP contribution in [0.5, 0.6) is 0 Å². The van der Waals surface area contributed by atoms with Crippen molar-refractivity contribution in [1.29, 1.82) is 0 Å². The predicted octanol–water partition coefficient (Wildman–Crippen LogP) is 4.39. The van der Waals surface area contributed by atoms with Crippen LogP contribution in [-0.2, 0) is 16.8 Å². The number of halogens is 1. The Labute approximate surface area is 167 Å². The highest BCUT2D eigenvalue weighted by molar-refractivity contribution is 9.10. The van der Waals surface area contributed by atoms with Gasteiger partial charge in [-0.25, -0.2) is 0 Å². The van der Waals surface area contributed by atoms with E-state index in [0.717, 1.165) is 22.9 Å². The lowest BCUT2D eigenvalue weighted by atomic mass is 9.88. The molecule has 1 amide bonds. The van der Waals surface area contributed by atoms with E-state index in [1.54, 1.807) is 30.3 Å². The number of hydrogen-bond acceptors (Lipinski definition) is 3. The number of benzene rings is 2. The van der Waals surface area contributed by atoms with Gasteiger partial charge in [-0.05, 0) is 30.2 Å². The molecule has 0 saturated heterocycles. The number of carbonyl (C=O) groups is 2. The van der Waals surface area contributed by atoms with Crippen LogP contribution in [0, 0.1) is 0 Å². The quantitative estimate of drug-likeness (QED) is 0.526. The van der Waals surface area contributed by atoms with E-state index in [2.05, 4.69) is 29.4 Å². The second-order valence-electron chi connectivity index (χ2n) is 6.77. The minimum Gasteiger partial charge on any atom is -0.375 e. The lowest BCUT2D eigenvalue weighted by Crippen LogP contribution is -2.41. The van der Waals surface area contributed by atoms with Gasteiger partial charge in [0.15, 0.2) is 11.4 Å². The minimum absolute atomic E-state index is 0.264. The molecule has 2 aromatic carbocycles. The summed E-state index contributed by atoms with van der Waals surface area (Å²) >= 11 is 3.38. The van der Waals surface area contributed by atoms with Gasteiger partial charge in [-0.3, -0.25) is 9.59 Å². The molecule has 0 unspecified atom stereocenters. The number of rotatable bonds is 7. The normalized spacial score (nSPS) is 18.5. The molecule has 2 aromatic rings. The molecule has 0 bridgehead atoms. The summed E-state index contributed by atoms with van der Waals surface area (Å²) in [6, 6.07) is 12.6. The van der Waals surface area contributed by atoms with Crippen molar-refractivity contribution in [3.05, 3.63) is 76.3 Å². The first-order valence-electron chi connectivity index (χ1n) is 8.98. The van der Waals surface area contributed by atoms with Gasteiger partial charge in [0.2, 0.25) is 0 Å². The molecule has 1 aliphatic heterocycles. The van der Waals surface area contributed by atoms with Gasteiger partial charge in [-0.2, -0.15) is 0 Å². The molecular formula is C22H22BrNO3. The third-order valence-corrected chi connectivity index (χ3v) is 5.33. The number of Topliss-reactive ketones (excluding diaryl/α,β-unsaturated/α-hetero) is 1. The van der Waals surface area contributed by atoms with Crippen molar-refractivity contribution in [3.63, 3.8) is 0 Å². The van der Waals surface area contributed by atoms with Crippen LogP contribution in [0.15, 0.2) is 59.6 Å². The van der Waals surface area contributed by atoms with Crippen molar-refractivity contribution in [1.82, 2.24) is 0 Å². The van der Waals surface area contributed by atoms with E-state index in [0.29, 0.717) is 16.8 Å². The van der Waals surface area contributed by atoms with E-state index in [9.17, 15) is 14.7 Å². The number of anilines is 1. The van der Waals surface area contributed by atoms with Gasteiger partial charge in [-0.15, -0.1) is 6.58 Å². The Morgan fingerprint density at radius 1 is 1.26 bits per heavy atom. The fourth-order valence-corrected chi connectivity index (χ4v) is 3.85. The summed E-state index contributed by atoms with van der Waals surface area (Å²) in [5, 5.41) is 11.2. The van der Waals surface area contributed by atoms with Gasteiger partial charge in [0.05, 0.1) is 12.1 Å². The maximum absolute atomic E-state index is 13.0. The highest BCUT2D eigenvalue weighted by Gasteiger charge is 2.50. The average molecular weight is 428 g/mol. The molecule has 1 heterocycles. The number of hydrogen-bond donors (Lipinski definition) is 1. The molecule has 0 aliphatic carbocycles. The van der Waals surface area contributed by atoms with Gasteiger partial charge >= 0.3 is 0 Å². The Morgan fingerprint density at radius 2 is 1.96 bits per heavy atom. The molecule has 1 aliphatic rings. The number of nitrogens with zero attached hydrogens (tertiary/aromatic N) is 1. The van der Waals surface area contributed by atoms with E-state index < -0.39 is 11.5 Å². The van der Waals surface area contributed by atoms with E-state index in [1.165, 1.54) is 4.90 Å². The zero-order valence-electron chi connectivity index (χ0n) is 15.2. The topological polar surface area (TPSA) is 57.6 Å². The van der Waals surface area contributed by atoms with Gasteiger partial charge in [-0.1, -0.05) is 59.6 Å². The number of aryl methyl sites for hydroxylation is 1. The Bertz CT molecular complexity index is 891. The molecule has 27 heavy (non-hydrogen) atoms. The van der Waals surface area contributed by atoms with Crippen LogP contribution >= 0.6 is 15.9 Å². The van der Waals surface area contributed by atoms with Gasteiger partial charge in [0.25, 0.3) is 5.91 Å². The standard InChI is InChI=1S/C22H22BrNO3/c1-3-5-15-6-8-16(9-7-15)20(25)14-22(27)18-13-17(23)10-11-19(18)24(12-4-2)21(22)26/h4,6-11,13,27H,2-3,5,12,14H2,1H3/t22-/m0/s1. The summed E-state index contributed by atoms with van der Waals surface area (Å²) < 4.78 is 0.740. The monoisotopic (exact) mass is 427 g/mol. The third kappa shape index (κ3) is 3.62. The zero-order chi connectivity index (χ0) is 19.6. The Kier molecular flexibility index (Phi) is 5.63. The van der Waals surface area contributed by atoms with Crippen molar-refractivity contribution < 1.29 is 14.7 Å². The molecule has 0 saturated carbocycles. The molecule has 140 valence electrons. The molecule has 5 heteroatoms. The van der Waals surface area contributed by atoms with Crippen molar-refractivity contribution in [2.24, 2.45) is 0 Å². The highest BCUT2D eigenvalue weighted by Crippen LogP contribution is 2.44. The van der Waals surface area contributed by atoms with Crippen molar-refractivity contribution in [2.75, 3.05) is 11.4 Å². The average Bonchev–Trinajstić information content (AvgIpc) is 2.84. The van der Waals surface area contributed by atoms with E-state index in [1.807, 2.05) is 18.2 Å². The molecule has 0 radical (unpaired) electrons. The number of amides is 1. The smallest absolute Gasteiger partial charge is 0.264 e. The summed E-state index contributed by atoms with van der Waals surface area (Å²) in [5.74, 6) is -0.758. The van der Waals surface area contributed by atoms with Crippen LogP contribution in [0.2, 0.25) is 0 Å². The van der Waals surface area contributed by atoms with E-state index >= 15 is 0 Å². The number of carbonyl (C=O) groups excluding carboxylic acids is 2. The molecular weight excluding hydrogens is 406 g/mol. The molecule has 0 fully saturated rings. The molecule has 4 nitrogen and oxygen atoms in total. The predicted molar refractivity (Wildman–Crippen MR) is 110 cm³/mol. The summed E-state index contributed by atoms with van der Waals surface area (Å²) in [7, 11) is 0. The lowest BCUT2D eigenvalue weighted by molar-refractivity contribution is -0.135. The van der Waals surface area contributed by atoms with Crippen LogP contribution in [0.25, 0.3) is 0 Å². The second-order valence-corrected chi connectivity index (χ2v) is 7.69. The summed E-state index contributed by atoms with van der Waals surface area (Å²) in [6.07, 6.45) is 3.29. The van der Waals surface area contributed by atoms with Gasteiger partial charge in [0.1, 0.15) is 0 Å². The number of fused-ring (bicyclic) bond motifs is 1. The summed E-state index contributed by atoms with van der Waals surface area (Å²) in [5.41, 5.74) is 0.837. The maximum Gasteiger partial charge on any atom is 0.264 e. The van der Waals surface area contributed by atoms with Gasteiger partial charge in [0, 0.05) is 22.1 Å². The third-order valence-electron chi connectivity index (χ3n) is 4.84. The van der Waals surface area contributed by atoms with Crippen LogP contribution in [-0.4, -0.2) is 23.3 Å². The minimum atomic E-state index is -1.87. The fraction of sp³-hybridized carbons (Fsp3) is 0.273. The first-order valence-corrected chi connectivity index (χ1v) is 9.77. The highest BCUT2D eigenvalue weighted by atomic mass is 79.9. The SMILES string of the molecule is C=CCN1C(=O)[C@](O)(CC(=O)c2ccc(CCC)cc2)c2cc(Br)ccc21. The molecule has 0 spiro atoms. The Morgan fingerprint density at radius 3 is 2.59 bits per heavy atom. The summed E-state index contributed by atoms with van der Waals surface area (Å²) in [6.45, 7) is 6.05. The maximum atomic E-state index is 13.0. The van der Waals surface area contributed by atoms with Crippen molar-refractivity contribution in [2.45, 2.75) is 31.8 Å².